The lowest BCUT2D eigenvalue weighted by molar-refractivity contribution is -0.123. The zero-order chi connectivity index (χ0) is 7.84. The van der Waals surface area contributed by atoms with Crippen LogP contribution in [0, 0.1) is 5.92 Å². The highest BCUT2D eigenvalue weighted by Crippen LogP contribution is 2.28. The van der Waals surface area contributed by atoms with Gasteiger partial charge in [-0.2, -0.15) is 0 Å². The van der Waals surface area contributed by atoms with Gasteiger partial charge in [-0.05, 0) is 6.42 Å². The lowest BCUT2D eigenvalue weighted by atomic mass is 9.95. The average Bonchev–Trinajstić information content (AvgIpc) is 2.30. The van der Waals surface area contributed by atoms with E-state index in [9.17, 15) is 4.79 Å². The number of carbonyl (C=O) groups is 1. The molecule has 2 nitrogen and oxygen atoms in total. The molecule has 0 aromatic heterocycles. The first-order valence-corrected chi connectivity index (χ1v) is 3.91. The Bertz CT molecular complexity index is 252. The monoisotopic (exact) mass is 149 g/mol. The van der Waals surface area contributed by atoms with Gasteiger partial charge in [0.05, 0.1) is 0 Å². The van der Waals surface area contributed by atoms with E-state index < -0.39 is 0 Å². The number of likely N-dealkylation sites (tertiary alicyclic amines) is 1. The number of amides is 1. The molecule has 0 spiro atoms. The molecule has 1 unspecified atom stereocenters. The van der Waals surface area contributed by atoms with Crippen molar-refractivity contribution in [2.24, 2.45) is 5.92 Å². The molecule has 1 saturated heterocycles. The maximum Gasteiger partial charge on any atom is 0.249 e. The summed E-state index contributed by atoms with van der Waals surface area (Å²) in [4.78, 5) is 13.2. The molecule has 1 amide bonds. The third kappa shape index (κ3) is 0.897. The van der Waals surface area contributed by atoms with E-state index in [1.807, 2.05) is 19.2 Å². The molecule has 0 aromatic rings. The summed E-state index contributed by atoms with van der Waals surface area (Å²) in [7, 11) is 1.86. The van der Waals surface area contributed by atoms with Gasteiger partial charge in [-0.25, -0.2) is 0 Å². The first kappa shape index (κ1) is 6.65. The third-order valence-corrected chi connectivity index (χ3v) is 2.36. The quantitative estimate of drug-likeness (QED) is 0.502. The summed E-state index contributed by atoms with van der Waals surface area (Å²) in [6, 6.07) is 0. The van der Waals surface area contributed by atoms with Crippen LogP contribution in [0.1, 0.15) is 6.42 Å². The Morgan fingerprint density at radius 2 is 2.45 bits per heavy atom. The van der Waals surface area contributed by atoms with E-state index >= 15 is 0 Å². The van der Waals surface area contributed by atoms with Crippen molar-refractivity contribution < 1.29 is 4.79 Å². The Balaban J connectivity index is 2.33. The zero-order valence-electron chi connectivity index (χ0n) is 6.58. The highest BCUT2D eigenvalue weighted by atomic mass is 16.2. The number of likely N-dealkylation sites (N-methyl/N-ethyl adjacent to an activating group) is 1. The Hall–Kier alpha value is -1.05. The summed E-state index contributed by atoms with van der Waals surface area (Å²) in [5, 5.41) is 0. The number of carbonyl (C=O) groups excluding carboxylic acids is 1. The van der Waals surface area contributed by atoms with E-state index in [1.165, 1.54) is 0 Å². The zero-order valence-corrected chi connectivity index (χ0v) is 6.58. The second-order valence-corrected chi connectivity index (χ2v) is 3.17. The average molecular weight is 149 g/mol. The topological polar surface area (TPSA) is 20.3 Å². The van der Waals surface area contributed by atoms with Crippen molar-refractivity contribution in [2.45, 2.75) is 6.42 Å². The minimum absolute atomic E-state index is 0.208. The Morgan fingerprint density at radius 3 is 3.18 bits per heavy atom. The van der Waals surface area contributed by atoms with E-state index in [0.29, 0.717) is 5.92 Å². The molecule has 1 atom stereocenters. The van der Waals surface area contributed by atoms with Crippen molar-refractivity contribution in [1.82, 2.24) is 4.90 Å². The largest absolute Gasteiger partial charge is 0.341 e. The van der Waals surface area contributed by atoms with Crippen molar-refractivity contribution in [1.29, 1.82) is 0 Å². The molecule has 0 aromatic carbocycles. The SMILES string of the molecule is CN1CC2CC=CC=C2C1=O. The molecule has 0 saturated carbocycles. The molecule has 2 heteroatoms. The molecular weight excluding hydrogens is 138 g/mol. The van der Waals surface area contributed by atoms with E-state index in [0.717, 1.165) is 18.5 Å². The van der Waals surface area contributed by atoms with Gasteiger partial charge in [-0.15, -0.1) is 0 Å². The van der Waals surface area contributed by atoms with Gasteiger partial charge in [0.15, 0.2) is 0 Å². The predicted octanol–water partition coefficient (Wildman–Crippen LogP) is 0.961. The predicted molar refractivity (Wildman–Crippen MR) is 43.0 cm³/mol. The van der Waals surface area contributed by atoms with Crippen LogP contribution in [-0.2, 0) is 4.79 Å². The van der Waals surface area contributed by atoms with Crippen LogP contribution in [0.5, 0.6) is 0 Å². The van der Waals surface area contributed by atoms with Crippen molar-refractivity contribution >= 4 is 5.91 Å². The number of hydrogen-bond donors (Lipinski definition) is 0. The Kier molecular flexibility index (Phi) is 1.34. The van der Waals surface area contributed by atoms with Gasteiger partial charge in [0.25, 0.3) is 0 Å². The molecular formula is C9H11NO. The van der Waals surface area contributed by atoms with Crippen molar-refractivity contribution in [3.63, 3.8) is 0 Å². The molecule has 2 aliphatic rings. The minimum atomic E-state index is 0.208. The Labute approximate surface area is 66.2 Å². The van der Waals surface area contributed by atoms with E-state index in [2.05, 4.69) is 6.08 Å². The van der Waals surface area contributed by atoms with E-state index in [4.69, 9.17) is 0 Å². The van der Waals surface area contributed by atoms with E-state index in [1.54, 1.807) is 4.90 Å². The molecule has 0 bridgehead atoms. The summed E-state index contributed by atoms with van der Waals surface area (Å²) in [6.07, 6.45) is 7.07. The second kappa shape index (κ2) is 2.22. The molecule has 0 radical (unpaired) electrons. The van der Waals surface area contributed by atoms with Gasteiger partial charge >= 0.3 is 0 Å². The number of nitrogens with zero attached hydrogens (tertiary/aromatic N) is 1. The van der Waals surface area contributed by atoms with Crippen LogP contribution in [0.15, 0.2) is 23.8 Å². The van der Waals surface area contributed by atoms with Crippen molar-refractivity contribution in [3.05, 3.63) is 23.8 Å². The molecule has 58 valence electrons. The van der Waals surface area contributed by atoms with Crippen LogP contribution in [0.3, 0.4) is 0 Å². The molecule has 1 heterocycles. The maximum absolute atomic E-state index is 11.4. The van der Waals surface area contributed by atoms with Gasteiger partial charge in [0.1, 0.15) is 0 Å². The van der Waals surface area contributed by atoms with Gasteiger partial charge in [0.2, 0.25) is 5.91 Å². The Morgan fingerprint density at radius 1 is 1.64 bits per heavy atom. The summed E-state index contributed by atoms with van der Waals surface area (Å²) >= 11 is 0. The lowest BCUT2D eigenvalue weighted by Gasteiger charge is -2.08. The summed E-state index contributed by atoms with van der Waals surface area (Å²) in [5.41, 5.74) is 0.995. The first-order valence-electron chi connectivity index (χ1n) is 3.91. The lowest BCUT2D eigenvalue weighted by Crippen LogP contribution is -2.19. The second-order valence-electron chi connectivity index (χ2n) is 3.17. The molecule has 11 heavy (non-hydrogen) atoms. The van der Waals surface area contributed by atoms with Crippen LogP contribution in [-0.4, -0.2) is 24.4 Å². The van der Waals surface area contributed by atoms with E-state index in [-0.39, 0.29) is 5.91 Å². The molecule has 0 N–H and O–H groups in total. The van der Waals surface area contributed by atoms with Crippen LogP contribution >= 0.6 is 0 Å². The van der Waals surface area contributed by atoms with Gasteiger partial charge in [-0.3, -0.25) is 4.79 Å². The highest BCUT2D eigenvalue weighted by Gasteiger charge is 2.32. The number of rotatable bonds is 0. The van der Waals surface area contributed by atoms with Gasteiger partial charge < -0.3 is 4.90 Å². The van der Waals surface area contributed by atoms with Gasteiger partial charge in [0, 0.05) is 25.1 Å². The highest BCUT2D eigenvalue weighted by molar-refractivity contribution is 5.96. The van der Waals surface area contributed by atoms with Crippen LogP contribution in [0.25, 0.3) is 0 Å². The molecule has 1 aliphatic carbocycles. The maximum atomic E-state index is 11.4. The summed E-state index contributed by atoms with van der Waals surface area (Å²) < 4.78 is 0. The standard InChI is InChI=1S/C9H11NO/c1-10-6-7-4-2-3-5-8(7)9(10)11/h2-3,5,7H,4,6H2,1H3. The molecule has 2 rings (SSSR count). The fourth-order valence-electron chi connectivity index (χ4n) is 1.73. The first-order chi connectivity index (χ1) is 5.29. The molecule has 1 aliphatic heterocycles. The third-order valence-electron chi connectivity index (χ3n) is 2.36. The number of allylic oxidation sites excluding steroid dienone is 3. The number of hydrogen-bond acceptors (Lipinski definition) is 1. The minimum Gasteiger partial charge on any atom is -0.341 e. The fourth-order valence-corrected chi connectivity index (χ4v) is 1.73. The summed E-state index contributed by atoms with van der Waals surface area (Å²) in [6.45, 7) is 0.898. The van der Waals surface area contributed by atoms with Crippen LogP contribution in [0.2, 0.25) is 0 Å². The smallest absolute Gasteiger partial charge is 0.249 e. The normalized spacial score (nSPS) is 28.8. The van der Waals surface area contributed by atoms with Crippen molar-refractivity contribution in [2.75, 3.05) is 13.6 Å². The van der Waals surface area contributed by atoms with Crippen LogP contribution < -0.4 is 0 Å². The number of fused-ring (bicyclic) bond motifs is 1. The molecule has 1 fully saturated rings. The van der Waals surface area contributed by atoms with Crippen molar-refractivity contribution in [3.8, 4) is 0 Å². The van der Waals surface area contributed by atoms with Gasteiger partial charge in [-0.1, -0.05) is 18.2 Å². The van der Waals surface area contributed by atoms with Crippen LogP contribution in [0.4, 0.5) is 0 Å². The summed E-state index contributed by atoms with van der Waals surface area (Å²) in [5.74, 6) is 0.678. The fraction of sp³-hybridized carbons (Fsp3) is 0.444.